The molecule has 0 amide bonds. The van der Waals surface area contributed by atoms with Crippen molar-refractivity contribution < 1.29 is 4.57 Å². The molecule has 0 unspecified atom stereocenters. The third kappa shape index (κ3) is 5.52. The van der Waals surface area contributed by atoms with E-state index in [1.165, 1.54) is 0 Å². The van der Waals surface area contributed by atoms with Gasteiger partial charge in [0.1, 0.15) is 0 Å². The van der Waals surface area contributed by atoms with Crippen LogP contribution in [0.1, 0.15) is 23.1 Å². The molecule has 0 saturated carbocycles. The van der Waals surface area contributed by atoms with Gasteiger partial charge in [0.05, 0.1) is 0 Å². The van der Waals surface area contributed by atoms with Crippen molar-refractivity contribution >= 4 is 36.5 Å². The van der Waals surface area contributed by atoms with Crippen molar-refractivity contribution in [2.75, 3.05) is 18.2 Å². The van der Waals surface area contributed by atoms with Crippen LogP contribution in [0.3, 0.4) is 0 Å². The molecule has 0 radical (unpaired) electrons. The van der Waals surface area contributed by atoms with Crippen LogP contribution in [0.25, 0.3) is 0 Å². The predicted molar refractivity (Wildman–Crippen MR) is 131 cm³/mol. The maximum absolute atomic E-state index is 14.6. The van der Waals surface area contributed by atoms with Crippen LogP contribution in [0, 0.1) is 6.92 Å². The highest BCUT2D eigenvalue weighted by Crippen LogP contribution is 2.56. The average Bonchev–Trinajstić information content (AvgIpc) is 2.74. The lowest BCUT2D eigenvalue weighted by Gasteiger charge is -2.43. The van der Waals surface area contributed by atoms with Gasteiger partial charge in [0.2, 0.25) is 0 Å². The molecule has 1 aliphatic rings. The standard InChI is InChI=1S/C24H26Cl2N3OP/c1-19-4-2-5-24(16-19)27-31(30)28(17-20-6-10-22(25)11-7-20)14-3-15-29(31)18-21-8-12-23(26)13-9-21/h2,4-13,16H,3,14-15,17-18H2,1H3,(H,27,30). The van der Waals surface area contributed by atoms with E-state index in [9.17, 15) is 4.57 Å². The van der Waals surface area contributed by atoms with Crippen LogP contribution >= 0.6 is 30.8 Å². The lowest BCUT2D eigenvalue weighted by Crippen LogP contribution is -2.41. The summed E-state index contributed by atoms with van der Waals surface area (Å²) in [5, 5.41) is 4.82. The molecule has 3 aromatic rings. The molecule has 0 bridgehead atoms. The van der Waals surface area contributed by atoms with Gasteiger partial charge in [-0.3, -0.25) is 4.57 Å². The van der Waals surface area contributed by atoms with Gasteiger partial charge >= 0.3 is 7.59 Å². The number of hydrogen-bond donors (Lipinski definition) is 1. The molecule has 162 valence electrons. The first kappa shape index (κ1) is 22.4. The van der Waals surface area contributed by atoms with E-state index in [0.29, 0.717) is 23.1 Å². The minimum atomic E-state index is -3.08. The fourth-order valence-electron chi connectivity index (χ4n) is 3.86. The molecule has 4 rings (SSSR count). The first-order valence-electron chi connectivity index (χ1n) is 10.4. The van der Waals surface area contributed by atoms with E-state index in [4.69, 9.17) is 23.2 Å². The lowest BCUT2D eigenvalue weighted by atomic mass is 10.2. The summed E-state index contributed by atoms with van der Waals surface area (Å²) < 4.78 is 18.8. The molecule has 4 nitrogen and oxygen atoms in total. The van der Waals surface area contributed by atoms with Crippen LogP contribution in [0.2, 0.25) is 10.0 Å². The molecule has 0 aliphatic carbocycles. The number of rotatable bonds is 6. The average molecular weight is 474 g/mol. The molecular weight excluding hydrogens is 448 g/mol. The fourth-order valence-corrected chi connectivity index (χ4v) is 6.76. The van der Waals surface area contributed by atoms with Crippen LogP contribution in [0.15, 0.2) is 72.8 Å². The summed E-state index contributed by atoms with van der Waals surface area (Å²) in [4.78, 5) is 0. The zero-order chi connectivity index (χ0) is 21.8. The van der Waals surface area contributed by atoms with Gasteiger partial charge in [0.25, 0.3) is 0 Å². The van der Waals surface area contributed by atoms with E-state index in [2.05, 4.69) is 14.4 Å². The molecule has 0 atom stereocenters. The van der Waals surface area contributed by atoms with Crippen molar-refractivity contribution in [3.63, 3.8) is 0 Å². The molecule has 7 heteroatoms. The van der Waals surface area contributed by atoms with Crippen LogP contribution in [-0.2, 0) is 17.7 Å². The Labute approximate surface area is 194 Å². The second kappa shape index (κ2) is 9.77. The van der Waals surface area contributed by atoms with Gasteiger partial charge < -0.3 is 5.09 Å². The summed E-state index contributed by atoms with van der Waals surface area (Å²) in [6, 6.07) is 23.5. The van der Waals surface area contributed by atoms with Crippen molar-refractivity contribution in [3.05, 3.63) is 99.5 Å². The summed E-state index contributed by atoms with van der Waals surface area (Å²) in [6.45, 7) is 4.74. The number of aryl methyl sites for hydroxylation is 1. The summed E-state index contributed by atoms with van der Waals surface area (Å²) in [5.41, 5.74) is 4.17. The molecule has 0 spiro atoms. The van der Waals surface area contributed by atoms with Crippen LogP contribution in [-0.4, -0.2) is 22.4 Å². The highest BCUT2D eigenvalue weighted by molar-refractivity contribution is 7.60. The van der Waals surface area contributed by atoms with Crippen molar-refractivity contribution in [2.45, 2.75) is 26.4 Å². The third-order valence-electron chi connectivity index (χ3n) is 5.45. The lowest BCUT2D eigenvalue weighted by molar-refractivity contribution is 0.273. The van der Waals surface area contributed by atoms with Gasteiger partial charge in [-0.1, -0.05) is 59.6 Å². The Morgan fingerprint density at radius 1 is 0.839 bits per heavy atom. The number of nitrogens with zero attached hydrogens (tertiary/aromatic N) is 2. The summed E-state index contributed by atoms with van der Waals surface area (Å²) in [7, 11) is -3.08. The molecule has 1 fully saturated rings. The normalized spacial score (nSPS) is 16.9. The highest BCUT2D eigenvalue weighted by atomic mass is 35.5. The second-order valence-corrected chi connectivity index (χ2v) is 11.2. The van der Waals surface area contributed by atoms with Gasteiger partial charge in [-0.05, 0) is 66.4 Å². The molecule has 1 heterocycles. The Hall–Kier alpha value is -1.81. The van der Waals surface area contributed by atoms with E-state index in [0.717, 1.165) is 41.9 Å². The Morgan fingerprint density at radius 3 is 1.84 bits per heavy atom. The third-order valence-corrected chi connectivity index (χ3v) is 8.72. The number of halogens is 2. The Balaban J connectivity index is 1.65. The Morgan fingerprint density at radius 2 is 1.35 bits per heavy atom. The molecule has 31 heavy (non-hydrogen) atoms. The van der Waals surface area contributed by atoms with E-state index in [1.54, 1.807) is 0 Å². The van der Waals surface area contributed by atoms with Gasteiger partial charge in [-0.25, -0.2) is 9.34 Å². The molecule has 1 aliphatic heterocycles. The topological polar surface area (TPSA) is 35.6 Å². The van der Waals surface area contributed by atoms with E-state index in [1.807, 2.05) is 79.7 Å². The predicted octanol–water partition coefficient (Wildman–Crippen LogP) is 7.23. The molecule has 1 N–H and O–H groups in total. The quantitative estimate of drug-likeness (QED) is 0.383. The highest BCUT2D eigenvalue weighted by Gasteiger charge is 2.40. The SMILES string of the molecule is Cc1cccc(NP2(=O)N(Cc3ccc(Cl)cc3)CCCN2Cc2ccc(Cl)cc2)c1. The van der Waals surface area contributed by atoms with Gasteiger partial charge in [0, 0.05) is 41.9 Å². The minimum absolute atomic E-state index is 0.588. The Kier molecular flexibility index (Phi) is 7.05. The van der Waals surface area contributed by atoms with Crippen molar-refractivity contribution in [1.29, 1.82) is 0 Å². The van der Waals surface area contributed by atoms with Gasteiger partial charge in [-0.2, -0.15) is 0 Å². The molecule has 1 saturated heterocycles. The number of hydrogen-bond acceptors (Lipinski definition) is 1. The maximum Gasteiger partial charge on any atom is 0.309 e. The zero-order valence-corrected chi connectivity index (χ0v) is 19.9. The van der Waals surface area contributed by atoms with Crippen LogP contribution in [0.4, 0.5) is 5.69 Å². The van der Waals surface area contributed by atoms with E-state index >= 15 is 0 Å². The molecule has 3 aromatic carbocycles. The summed E-state index contributed by atoms with van der Waals surface area (Å²) >= 11 is 12.1. The first-order valence-corrected chi connectivity index (χ1v) is 12.7. The Bertz CT molecular complexity index is 1010. The smallest absolute Gasteiger partial charge is 0.309 e. The van der Waals surface area contributed by atoms with Crippen LogP contribution in [0.5, 0.6) is 0 Å². The van der Waals surface area contributed by atoms with E-state index in [-0.39, 0.29) is 0 Å². The maximum atomic E-state index is 14.6. The zero-order valence-electron chi connectivity index (χ0n) is 17.5. The first-order chi connectivity index (χ1) is 14.9. The largest absolute Gasteiger partial charge is 0.313 e. The number of anilines is 1. The molecule has 0 aromatic heterocycles. The van der Waals surface area contributed by atoms with E-state index < -0.39 is 7.59 Å². The minimum Gasteiger partial charge on any atom is -0.313 e. The van der Waals surface area contributed by atoms with Gasteiger partial charge in [0.15, 0.2) is 0 Å². The number of benzene rings is 3. The van der Waals surface area contributed by atoms with Gasteiger partial charge in [-0.15, -0.1) is 0 Å². The monoisotopic (exact) mass is 473 g/mol. The summed E-state index contributed by atoms with van der Waals surface area (Å²) in [6.07, 6.45) is 0.945. The number of nitrogens with one attached hydrogen (secondary N) is 1. The summed E-state index contributed by atoms with van der Waals surface area (Å²) in [5.74, 6) is 0. The molecular formula is C24H26Cl2N3OP. The van der Waals surface area contributed by atoms with Crippen molar-refractivity contribution in [1.82, 2.24) is 9.34 Å². The van der Waals surface area contributed by atoms with Crippen molar-refractivity contribution in [2.24, 2.45) is 0 Å². The fraction of sp³-hybridized carbons (Fsp3) is 0.250. The second-order valence-electron chi connectivity index (χ2n) is 7.91. The van der Waals surface area contributed by atoms with Crippen molar-refractivity contribution in [3.8, 4) is 0 Å². The van der Waals surface area contributed by atoms with Crippen LogP contribution < -0.4 is 5.09 Å².